The summed E-state index contributed by atoms with van der Waals surface area (Å²) in [6.45, 7) is 5.62. The van der Waals surface area contributed by atoms with Crippen LogP contribution in [0.5, 0.6) is 0 Å². The van der Waals surface area contributed by atoms with Crippen LogP contribution in [0, 0.1) is 0 Å². The third-order valence-electron chi connectivity index (χ3n) is 4.95. The molecule has 3 aromatic rings. The number of benzene rings is 2. The molecule has 6 heteroatoms. The van der Waals surface area contributed by atoms with Gasteiger partial charge in [0.15, 0.2) is 5.82 Å². The van der Waals surface area contributed by atoms with E-state index in [1.54, 1.807) is 0 Å². The van der Waals surface area contributed by atoms with Gasteiger partial charge >= 0.3 is 0 Å². The molecule has 5 nitrogen and oxygen atoms in total. The van der Waals surface area contributed by atoms with Gasteiger partial charge in [0.25, 0.3) is 0 Å². The third-order valence-corrected chi connectivity index (χ3v) is 5.18. The van der Waals surface area contributed by atoms with E-state index in [2.05, 4.69) is 27.3 Å². The molecule has 2 aromatic carbocycles. The summed E-state index contributed by atoms with van der Waals surface area (Å²) in [5.41, 5.74) is 1.96. The van der Waals surface area contributed by atoms with E-state index in [0.29, 0.717) is 10.8 Å². The first kappa shape index (κ1) is 19.8. The minimum atomic E-state index is 0.666. The summed E-state index contributed by atoms with van der Waals surface area (Å²) in [7, 11) is 0. The van der Waals surface area contributed by atoms with Gasteiger partial charge in [-0.2, -0.15) is 0 Å². The second-order valence-corrected chi connectivity index (χ2v) is 7.51. The second kappa shape index (κ2) is 9.83. The van der Waals surface area contributed by atoms with E-state index >= 15 is 0 Å². The van der Waals surface area contributed by atoms with Gasteiger partial charge in [0, 0.05) is 30.0 Å². The molecule has 1 aliphatic rings. The highest BCUT2D eigenvalue weighted by molar-refractivity contribution is 6.31. The van der Waals surface area contributed by atoms with E-state index in [-0.39, 0.29) is 0 Å². The number of ether oxygens (including phenoxy) is 1. The SMILES string of the molecule is Clc1ccc2c(NCCCN3CCOCC3)nc(/C=C/c3ccccc3)nc2c1. The van der Waals surface area contributed by atoms with E-state index in [1.807, 2.05) is 48.6 Å². The molecule has 4 rings (SSSR count). The lowest BCUT2D eigenvalue weighted by atomic mass is 10.2. The van der Waals surface area contributed by atoms with Crippen molar-refractivity contribution < 1.29 is 4.74 Å². The number of hydrogen-bond donors (Lipinski definition) is 1. The average molecular weight is 409 g/mol. The second-order valence-electron chi connectivity index (χ2n) is 7.07. The standard InChI is InChI=1S/C23H25ClN4O/c24-19-8-9-20-21(17-19)26-22(10-7-18-5-2-1-3-6-18)27-23(20)25-11-4-12-28-13-15-29-16-14-28/h1-3,5-10,17H,4,11-16H2,(H,25,26,27)/b10-7+. The summed E-state index contributed by atoms with van der Waals surface area (Å²) in [5.74, 6) is 1.51. The summed E-state index contributed by atoms with van der Waals surface area (Å²) in [4.78, 5) is 11.9. The fourth-order valence-electron chi connectivity index (χ4n) is 3.40. The molecule has 0 radical (unpaired) electrons. The van der Waals surface area contributed by atoms with Crippen molar-refractivity contribution in [1.82, 2.24) is 14.9 Å². The van der Waals surface area contributed by atoms with Crippen LogP contribution in [-0.4, -0.2) is 54.3 Å². The van der Waals surface area contributed by atoms with Gasteiger partial charge in [-0.15, -0.1) is 0 Å². The van der Waals surface area contributed by atoms with Crippen molar-refractivity contribution >= 4 is 40.5 Å². The summed E-state index contributed by atoms with van der Waals surface area (Å²) >= 11 is 6.19. The summed E-state index contributed by atoms with van der Waals surface area (Å²) in [6.07, 6.45) is 5.01. The van der Waals surface area contributed by atoms with Crippen LogP contribution >= 0.6 is 11.6 Å². The first-order valence-electron chi connectivity index (χ1n) is 10.0. The Morgan fingerprint density at radius 3 is 2.69 bits per heavy atom. The van der Waals surface area contributed by atoms with Gasteiger partial charge in [-0.1, -0.05) is 48.0 Å². The lowest BCUT2D eigenvalue weighted by Gasteiger charge is -2.26. The van der Waals surface area contributed by atoms with Crippen LogP contribution in [0.15, 0.2) is 48.5 Å². The molecular formula is C23H25ClN4O. The highest BCUT2D eigenvalue weighted by Crippen LogP contribution is 2.24. The number of nitrogens with one attached hydrogen (secondary N) is 1. The Balaban J connectivity index is 1.49. The number of morpholine rings is 1. The Morgan fingerprint density at radius 1 is 1.03 bits per heavy atom. The number of hydrogen-bond acceptors (Lipinski definition) is 5. The Hall–Kier alpha value is -2.47. The number of anilines is 1. The van der Waals surface area contributed by atoms with Gasteiger partial charge in [-0.3, -0.25) is 4.90 Å². The zero-order chi connectivity index (χ0) is 19.9. The number of nitrogens with zero attached hydrogens (tertiary/aromatic N) is 3. The van der Waals surface area contributed by atoms with E-state index in [9.17, 15) is 0 Å². The van der Waals surface area contributed by atoms with Crippen molar-refractivity contribution in [3.05, 3.63) is 64.9 Å². The normalized spacial score (nSPS) is 15.2. The van der Waals surface area contributed by atoms with Crippen LogP contribution in [0.25, 0.3) is 23.1 Å². The topological polar surface area (TPSA) is 50.3 Å². The van der Waals surface area contributed by atoms with Crippen LogP contribution in [0.3, 0.4) is 0 Å². The zero-order valence-electron chi connectivity index (χ0n) is 16.4. The van der Waals surface area contributed by atoms with Gasteiger partial charge in [0.05, 0.1) is 18.7 Å². The van der Waals surface area contributed by atoms with Gasteiger partial charge in [0.2, 0.25) is 0 Å². The van der Waals surface area contributed by atoms with E-state index in [1.165, 1.54) is 0 Å². The Morgan fingerprint density at radius 2 is 1.86 bits per heavy atom. The number of aromatic nitrogens is 2. The predicted molar refractivity (Wildman–Crippen MR) is 120 cm³/mol. The number of halogens is 1. The lowest BCUT2D eigenvalue weighted by Crippen LogP contribution is -2.37. The van der Waals surface area contributed by atoms with Gasteiger partial charge in [-0.25, -0.2) is 9.97 Å². The Labute approximate surface area is 176 Å². The third kappa shape index (κ3) is 5.54. The van der Waals surface area contributed by atoms with Gasteiger partial charge in [0.1, 0.15) is 5.82 Å². The fourth-order valence-corrected chi connectivity index (χ4v) is 3.57. The van der Waals surface area contributed by atoms with Crippen LogP contribution in [0.1, 0.15) is 17.8 Å². The highest BCUT2D eigenvalue weighted by atomic mass is 35.5. The van der Waals surface area contributed by atoms with Crippen molar-refractivity contribution in [2.75, 3.05) is 44.7 Å². The fraction of sp³-hybridized carbons (Fsp3) is 0.304. The highest BCUT2D eigenvalue weighted by Gasteiger charge is 2.10. The van der Waals surface area contributed by atoms with Crippen LogP contribution in [0.2, 0.25) is 5.02 Å². The smallest absolute Gasteiger partial charge is 0.154 e. The van der Waals surface area contributed by atoms with Crippen molar-refractivity contribution in [3.63, 3.8) is 0 Å². The number of fused-ring (bicyclic) bond motifs is 1. The first-order valence-corrected chi connectivity index (χ1v) is 10.4. The molecule has 0 aliphatic carbocycles. The van der Waals surface area contributed by atoms with Crippen LogP contribution in [0.4, 0.5) is 5.82 Å². The molecular weight excluding hydrogens is 384 g/mol. The maximum Gasteiger partial charge on any atom is 0.154 e. The molecule has 29 heavy (non-hydrogen) atoms. The maximum atomic E-state index is 6.19. The summed E-state index contributed by atoms with van der Waals surface area (Å²) in [6, 6.07) is 15.9. The molecule has 1 fully saturated rings. The van der Waals surface area contributed by atoms with Crippen molar-refractivity contribution in [2.45, 2.75) is 6.42 Å². The molecule has 0 saturated carbocycles. The molecule has 1 aliphatic heterocycles. The summed E-state index contributed by atoms with van der Waals surface area (Å²) in [5, 5.41) is 5.16. The van der Waals surface area contributed by atoms with Gasteiger partial charge < -0.3 is 10.1 Å². The number of rotatable bonds is 7. The van der Waals surface area contributed by atoms with Crippen molar-refractivity contribution in [1.29, 1.82) is 0 Å². The maximum absolute atomic E-state index is 6.19. The Bertz CT molecular complexity index is 971. The molecule has 1 N–H and O–H groups in total. The minimum Gasteiger partial charge on any atom is -0.379 e. The zero-order valence-corrected chi connectivity index (χ0v) is 17.1. The van der Waals surface area contributed by atoms with Crippen molar-refractivity contribution in [3.8, 4) is 0 Å². The molecule has 1 saturated heterocycles. The quantitative estimate of drug-likeness (QED) is 0.579. The van der Waals surface area contributed by atoms with Gasteiger partial charge in [-0.05, 0) is 42.8 Å². The molecule has 1 aromatic heterocycles. The monoisotopic (exact) mass is 408 g/mol. The van der Waals surface area contributed by atoms with E-state index in [4.69, 9.17) is 21.3 Å². The predicted octanol–water partition coefficient (Wildman–Crippen LogP) is 4.59. The average Bonchev–Trinajstić information content (AvgIpc) is 2.76. The Kier molecular flexibility index (Phi) is 6.72. The molecule has 0 spiro atoms. The molecule has 0 amide bonds. The van der Waals surface area contributed by atoms with Crippen molar-refractivity contribution in [2.24, 2.45) is 0 Å². The molecule has 0 unspecified atom stereocenters. The molecule has 150 valence electrons. The van der Waals surface area contributed by atoms with E-state index < -0.39 is 0 Å². The lowest BCUT2D eigenvalue weighted by molar-refractivity contribution is 0.0378. The first-order chi connectivity index (χ1) is 14.3. The van der Waals surface area contributed by atoms with E-state index in [0.717, 1.165) is 68.1 Å². The molecule has 2 heterocycles. The van der Waals surface area contributed by atoms with Crippen LogP contribution in [-0.2, 0) is 4.74 Å². The van der Waals surface area contributed by atoms with Crippen LogP contribution < -0.4 is 5.32 Å². The molecule has 0 bridgehead atoms. The minimum absolute atomic E-state index is 0.666. The summed E-state index contributed by atoms with van der Waals surface area (Å²) < 4.78 is 5.41. The largest absolute Gasteiger partial charge is 0.379 e. The molecule has 0 atom stereocenters.